The summed E-state index contributed by atoms with van der Waals surface area (Å²) in [4.78, 5) is 23.5. The Hall–Kier alpha value is -2.34. The number of carboxylic acids is 1. The van der Waals surface area contributed by atoms with E-state index in [4.69, 9.17) is 11.6 Å². The van der Waals surface area contributed by atoms with Gasteiger partial charge in [-0.3, -0.25) is 4.79 Å². The van der Waals surface area contributed by atoms with Crippen molar-refractivity contribution in [1.82, 2.24) is 15.1 Å². The van der Waals surface area contributed by atoms with Crippen molar-refractivity contribution in [2.45, 2.75) is 26.8 Å². The predicted octanol–water partition coefficient (Wildman–Crippen LogP) is 2.67. The number of rotatable bonds is 5. The molecule has 0 bridgehead atoms. The van der Waals surface area contributed by atoms with Gasteiger partial charge in [-0.05, 0) is 25.0 Å². The number of nitrogens with one attached hydrogen (secondary N) is 1. The molecule has 0 saturated carbocycles. The maximum Gasteiger partial charge on any atom is 0.326 e. The Balaban J connectivity index is 2.29. The largest absolute Gasteiger partial charge is 0.480 e. The normalized spacial score (nSPS) is 12.2. The minimum Gasteiger partial charge on any atom is -0.480 e. The second kappa shape index (κ2) is 6.83. The number of hydrogen-bond acceptors (Lipinski definition) is 3. The molecule has 7 heteroatoms. The molecule has 0 aliphatic carbocycles. The maximum atomic E-state index is 12.3. The van der Waals surface area contributed by atoms with Crippen molar-refractivity contribution in [3.63, 3.8) is 0 Å². The van der Waals surface area contributed by atoms with Gasteiger partial charge in [-0.2, -0.15) is 5.10 Å². The summed E-state index contributed by atoms with van der Waals surface area (Å²) >= 11 is 6.13. The van der Waals surface area contributed by atoms with Gasteiger partial charge >= 0.3 is 5.97 Å². The number of benzene rings is 1. The second-order valence-electron chi connectivity index (χ2n) is 5.59. The Bertz CT molecular complexity index is 740. The number of aryl methyl sites for hydroxylation is 1. The predicted molar refractivity (Wildman–Crippen MR) is 87.0 cm³/mol. The number of aromatic nitrogens is 2. The van der Waals surface area contributed by atoms with Crippen LogP contribution in [0.25, 0.3) is 5.69 Å². The van der Waals surface area contributed by atoms with Gasteiger partial charge in [0.2, 0.25) is 0 Å². The van der Waals surface area contributed by atoms with Gasteiger partial charge in [0.1, 0.15) is 6.04 Å². The molecule has 2 aromatic rings. The van der Waals surface area contributed by atoms with Crippen molar-refractivity contribution in [2.75, 3.05) is 0 Å². The number of hydrogen-bond donors (Lipinski definition) is 2. The Morgan fingerprint density at radius 2 is 1.96 bits per heavy atom. The SMILES string of the molecule is Cc1cn(-c2ccccc2Cl)nc1C(=O)N[C@H](C(=O)O)C(C)C. The summed E-state index contributed by atoms with van der Waals surface area (Å²) in [5.74, 6) is -1.83. The molecule has 1 aromatic carbocycles. The van der Waals surface area contributed by atoms with Crippen LogP contribution in [0.1, 0.15) is 29.9 Å². The number of para-hydroxylation sites is 1. The maximum absolute atomic E-state index is 12.3. The van der Waals surface area contributed by atoms with Crippen LogP contribution in [0, 0.1) is 12.8 Å². The molecule has 0 fully saturated rings. The molecule has 122 valence electrons. The number of halogens is 1. The molecule has 0 saturated heterocycles. The molecule has 23 heavy (non-hydrogen) atoms. The Labute approximate surface area is 139 Å². The van der Waals surface area contributed by atoms with Crippen LogP contribution >= 0.6 is 11.6 Å². The molecule has 0 spiro atoms. The fraction of sp³-hybridized carbons (Fsp3) is 0.312. The van der Waals surface area contributed by atoms with E-state index in [0.717, 1.165) is 0 Å². The van der Waals surface area contributed by atoms with Crippen LogP contribution in [0.3, 0.4) is 0 Å². The molecule has 1 amide bonds. The monoisotopic (exact) mass is 335 g/mol. The van der Waals surface area contributed by atoms with Crippen LogP contribution in [0.5, 0.6) is 0 Å². The van der Waals surface area contributed by atoms with Crippen LogP contribution in [0.15, 0.2) is 30.5 Å². The Morgan fingerprint density at radius 1 is 1.30 bits per heavy atom. The zero-order chi connectivity index (χ0) is 17.1. The highest BCUT2D eigenvalue weighted by molar-refractivity contribution is 6.32. The number of carbonyl (C=O) groups is 2. The Kier molecular flexibility index (Phi) is 5.05. The average Bonchev–Trinajstić information content (AvgIpc) is 2.86. The zero-order valence-electron chi connectivity index (χ0n) is 13.1. The molecule has 1 heterocycles. The zero-order valence-corrected chi connectivity index (χ0v) is 13.8. The molecule has 0 aliphatic rings. The minimum atomic E-state index is -1.07. The number of nitrogens with zero attached hydrogens (tertiary/aromatic N) is 2. The molecule has 0 aliphatic heterocycles. The number of amides is 1. The van der Waals surface area contributed by atoms with Crippen LogP contribution in [-0.2, 0) is 4.79 Å². The lowest BCUT2D eigenvalue weighted by molar-refractivity contribution is -0.140. The lowest BCUT2D eigenvalue weighted by atomic mass is 10.0. The van der Waals surface area contributed by atoms with E-state index >= 15 is 0 Å². The van der Waals surface area contributed by atoms with Crippen LogP contribution < -0.4 is 5.32 Å². The summed E-state index contributed by atoms with van der Waals surface area (Å²) in [6, 6.07) is 6.16. The molecular formula is C16H18ClN3O3. The van der Waals surface area contributed by atoms with Gasteiger partial charge in [0.15, 0.2) is 5.69 Å². The summed E-state index contributed by atoms with van der Waals surface area (Å²) in [5, 5.41) is 16.4. The second-order valence-corrected chi connectivity index (χ2v) is 6.00. The van der Waals surface area contributed by atoms with E-state index in [1.165, 1.54) is 4.68 Å². The van der Waals surface area contributed by atoms with Crippen molar-refractivity contribution < 1.29 is 14.7 Å². The van der Waals surface area contributed by atoms with Gasteiger partial charge in [0.05, 0.1) is 10.7 Å². The highest BCUT2D eigenvalue weighted by Crippen LogP contribution is 2.20. The minimum absolute atomic E-state index is 0.178. The summed E-state index contributed by atoms with van der Waals surface area (Å²) in [6.45, 7) is 5.20. The van der Waals surface area contributed by atoms with Crippen molar-refractivity contribution >= 4 is 23.5 Å². The summed E-state index contributed by atoms with van der Waals surface area (Å²) in [5.41, 5.74) is 1.46. The van der Waals surface area contributed by atoms with Crippen molar-refractivity contribution in [2.24, 2.45) is 5.92 Å². The molecule has 0 radical (unpaired) electrons. The van der Waals surface area contributed by atoms with Crippen LogP contribution in [0.4, 0.5) is 0 Å². The topological polar surface area (TPSA) is 84.2 Å². The van der Waals surface area contributed by atoms with E-state index in [9.17, 15) is 14.7 Å². The van der Waals surface area contributed by atoms with E-state index in [0.29, 0.717) is 16.3 Å². The first-order valence-corrected chi connectivity index (χ1v) is 7.54. The first kappa shape index (κ1) is 17.0. The first-order chi connectivity index (χ1) is 10.8. The number of carbonyl (C=O) groups excluding carboxylic acids is 1. The smallest absolute Gasteiger partial charge is 0.326 e. The number of aliphatic carboxylic acids is 1. The first-order valence-electron chi connectivity index (χ1n) is 7.16. The highest BCUT2D eigenvalue weighted by atomic mass is 35.5. The van der Waals surface area contributed by atoms with E-state index in [1.54, 1.807) is 45.2 Å². The molecule has 1 aromatic heterocycles. The molecular weight excluding hydrogens is 318 g/mol. The van der Waals surface area contributed by atoms with Gasteiger partial charge < -0.3 is 10.4 Å². The van der Waals surface area contributed by atoms with Gasteiger partial charge in [-0.1, -0.05) is 37.6 Å². The van der Waals surface area contributed by atoms with E-state index in [2.05, 4.69) is 10.4 Å². The quantitative estimate of drug-likeness (QED) is 0.879. The van der Waals surface area contributed by atoms with Crippen molar-refractivity contribution in [3.05, 3.63) is 46.7 Å². The van der Waals surface area contributed by atoms with Crippen LogP contribution in [0.2, 0.25) is 5.02 Å². The fourth-order valence-corrected chi connectivity index (χ4v) is 2.39. The van der Waals surface area contributed by atoms with Gasteiger partial charge in [-0.25, -0.2) is 9.48 Å². The third-order valence-electron chi connectivity index (χ3n) is 3.43. The Morgan fingerprint density at radius 3 is 2.52 bits per heavy atom. The summed E-state index contributed by atoms with van der Waals surface area (Å²) < 4.78 is 1.51. The summed E-state index contributed by atoms with van der Waals surface area (Å²) in [7, 11) is 0. The average molecular weight is 336 g/mol. The highest BCUT2D eigenvalue weighted by Gasteiger charge is 2.26. The van der Waals surface area contributed by atoms with Crippen molar-refractivity contribution in [1.29, 1.82) is 0 Å². The third kappa shape index (κ3) is 3.71. The standard InChI is InChI=1S/C16H18ClN3O3/c1-9(2)13(16(22)23)18-15(21)14-10(3)8-20(19-14)12-7-5-4-6-11(12)17/h4-9,13H,1-3H3,(H,18,21)(H,22,23)/t13-/m0/s1. The molecule has 0 unspecified atom stereocenters. The van der Waals surface area contributed by atoms with E-state index in [1.807, 2.05) is 6.07 Å². The fourth-order valence-electron chi connectivity index (χ4n) is 2.17. The molecule has 1 atom stereocenters. The van der Waals surface area contributed by atoms with Gasteiger partial charge in [0.25, 0.3) is 5.91 Å². The number of carboxylic acid groups (broad SMARTS) is 1. The van der Waals surface area contributed by atoms with Gasteiger partial charge in [0, 0.05) is 11.8 Å². The molecule has 2 rings (SSSR count). The van der Waals surface area contributed by atoms with Crippen LogP contribution in [-0.4, -0.2) is 32.8 Å². The summed E-state index contributed by atoms with van der Waals surface area (Å²) in [6.07, 6.45) is 1.68. The molecule has 2 N–H and O–H groups in total. The van der Waals surface area contributed by atoms with E-state index in [-0.39, 0.29) is 11.6 Å². The molecule has 6 nitrogen and oxygen atoms in total. The lowest BCUT2D eigenvalue weighted by Crippen LogP contribution is -2.44. The third-order valence-corrected chi connectivity index (χ3v) is 3.75. The van der Waals surface area contributed by atoms with E-state index < -0.39 is 17.9 Å². The van der Waals surface area contributed by atoms with Gasteiger partial charge in [-0.15, -0.1) is 0 Å². The lowest BCUT2D eigenvalue weighted by Gasteiger charge is -2.17. The van der Waals surface area contributed by atoms with Crippen molar-refractivity contribution in [3.8, 4) is 5.69 Å².